The summed E-state index contributed by atoms with van der Waals surface area (Å²) < 4.78 is 39.1. The number of nitrogens with one attached hydrogen (secondary N) is 1. The highest BCUT2D eigenvalue weighted by Crippen LogP contribution is 2.30. The third-order valence-electron chi connectivity index (χ3n) is 6.00. The molecule has 0 aliphatic carbocycles. The van der Waals surface area contributed by atoms with E-state index in [0.717, 1.165) is 34.5 Å². The lowest BCUT2D eigenvalue weighted by Gasteiger charge is -2.15. The summed E-state index contributed by atoms with van der Waals surface area (Å²) in [5.41, 5.74) is 11.5. The highest BCUT2D eigenvalue weighted by Gasteiger charge is 2.31. The maximum atomic E-state index is 13.0. The minimum atomic E-state index is -4.53. The average Bonchev–Trinajstić information content (AvgIpc) is 2.89. The van der Waals surface area contributed by atoms with Crippen molar-refractivity contribution in [3.05, 3.63) is 106 Å². The highest BCUT2D eigenvalue weighted by atomic mass is 19.4. The van der Waals surface area contributed by atoms with Crippen molar-refractivity contribution in [2.75, 3.05) is 11.1 Å². The number of aliphatic imine (C=N–C) groups is 2. The van der Waals surface area contributed by atoms with Crippen molar-refractivity contribution < 1.29 is 18.0 Å². The Balaban J connectivity index is 1.55. The normalized spacial score (nSPS) is 15.6. The Morgan fingerprint density at radius 3 is 2.63 bits per heavy atom. The number of allylic oxidation sites excluding steroid dienone is 3. The third-order valence-corrected chi connectivity index (χ3v) is 6.00. The number of carbonyl (C=O) groups is 1. The van der Waals surface area contributed by atoms with Crippen LogP contribution in [0.2, 0.25) is 0 Å². The van der Waals surface area contributed by atoms with Crippen LogP contribution in [0, 0.1) is 13.8 Å². The van der Waals surface area contributed by atoms with Gasteiger partial charge >= 0.3 is 6.18 Å². The van der Waals surface area contributed by atoms with Crippen LogP contribution in [0.25, 0.3) is 5.70 Å². The fraction of sp³-hybridized carbons (Fsp3) is 0.172. The van der Waals surface area contributed by atoms with E-state index >= 15 is 0 Å². The molecule has 9 heteroatoms. The van der Waals surface area contributed by atoms with Crippen LogP contribution in [0.4, 0.5) is 24.5 Å². The van der Waals surface area contributed by atoms with Gasteiger partial charge in [0, 0.05) is 22.5 Å². The second-order valence-electron chi connectivity index (χ2n) is 8.78. The fourth-order valence-electron chi connectivity index (χ4n) is 3.90. The van der Waals surface area contributed by atoms with E-state index < -0.39 is 17.6 Å². The Hall–Kier alpha value is -4.53. The van der Waals surface area contributed by atoms with Crippen LogP contribution in [0.1, 0.15) is 45.4 Å². The summed E-state index contributed by atoms with van der Waals surface area (Å²) in [6.07, 6.45) is 0.955. The van der Waals surface area contributed by atoms with Gasteiger partial charge in [-0.2, -0.15) is 13.2 Å². The number of alkyl halides is 3. The van der Waals surface area contributed by atoms with E-state index in [1.165, 1.54) is 12.1 Å². The van der Waals surface area contributed by atoms with Gasteiger partial charge in [-0.15, -0.1) is 0 Å². The fourth-order valence-corrected chi connectivity index (χ4v) is 3.90. The SMILES string of the molecule is C/C=C1/C=C(c2cc(NC(=O)c3cccc(C(F)(F)F)c3)ccc2C)N=CC1=NCc1nc(C)ccc1N. The molecule has 2 heterocycles. The number of aromatic nitrogens is 1. The summed E-state index contributed by atoms with van der Waals surface area (Å²) in [6, 6.07) is 13.2. The van der Waals surface area contributed by atoms with Crippen molar-refractivity contribution in [2.45, 2.75) is 33.5 Å². The van der Waals surface area contributed by atoms with E-state index in [0.29, 0.717) is 35.0 Å². The number of aryl methyl sites for hydroxylation is 2. The number of nitrogens with zero attached hydrogens (tertiary/aromatic N) is 3. The summed E-state index contributed by atoms with van der Waals surface area (Å²) in [4.78, 5) is 26.4. The van der Waals surface area contributed by atoms with Crippen LogP contribution >= 0.6 is 0 Å². The molecule has 0 spiro atoms. The minimum Gasteiger partial charge on any atom is -0.397 e. The topological polar surface area (TPSA) is 92.7 Å². The number of anilines is 2. The third kappa shape index (κ3) is 6.05. The average molecular weight is 518 g/mol. The van der Waals surface area contributed by atoms with E-state index in [4.69, 9.17) is 5.73 Å². The van der Waals surface area contributed by atoms with Gasteiger partial charge in [0.1, 0.15) is 0 Å². The molecule has 0 saturated carbocycles. The first kappa shape index (κ1) is 26.5. The predicted molar refractivity (Wildman–Crippen MR) is 145 cm³/mol. The van der Waals surface area contributed by atoms with Gasteiger partial charge in [-0.25, -0.2) is 0 Å². The largest absolute Gasteiger partial charge is 0.416 e. The standard InChI is InChI=1S/C29H26F3N5O/c1-4-19-13-25(34-15-26(19)35-16-27-24(33)11-9-18(3)36-27)23-14-22(10-8-17(23)2)37-28(38)20-6-5-7-21(12-20)29(30,31)32/h4-15H,16,33H2,1-3H3,(H,37,38)/b19-4-,35-26?. The molecule has 0 saturated heterocycles. The molecule has 4 rings (SSSR count). The number of nitrogens with two attached hydrogens (primary N) is 1. The van der Waals surface area contributed by atoms with E-state index in [2.05, 4.69) is 20.3 Å². The Labute approximate surface area is 218 Å². The lowest BCUT2D eigenvalue weighted by atomic mass is 9.99. The lowest BCUT2D eigenvalue weighted by molar-refractivity contribution is -0.137. The Morgan fingerprint density at radius 2 is 1.89 bits per heavy atom. The van der Waals surface area contributed by atoms with Crippen LogP contribution < -0.4 is 11.1 Å². The molecular formula is C29H26F3N5O. The molecule has 1 amide bonds. The number of benzene rings is 2. The zero-order chi connectivity index (χ0) is 27.4. The predicted octanol–water partition coefficient (Wildman–Crippen LogP) is 6.56. The zero-order valence-electron chi connectivity index (χ0n) is 21.1. The van der Waals surface area contributed by atoms with Crippen LogP contribution in [0.5, 0.6) is 0 Å². The summed E-state index contributed by atoms with van der Waals surface area (Å²) in [7, 11) is 0. The van der Waals surface area contributed by atoms with Crippen molar-refractivity contribution >= 4 is 34.9 Å². The van der Waals surface area contributed by atoms with E-state index in [1.807, 2.05) is 51.1 Å². The highest BCUT2D eigenvalue weighted by molar-refractivity contribution is 6.41. The van der Waals surface area contributed by atoms with Gasteiger partial charge in [0.25, 0.3) is 5.91 Å². The molecule has 194 valence electrons. The number of amides is 1. The maximum Gasteiger partial charge on any atom is 0.416 e. The number of pyridine rings is 1. The molecule has 1 aliphatic heterocycles. The lowest BCUT2D eigenvalue weighted by Crippen LogP contribution is -2.14. The summed E-state index contributed by atoms with van der Waals surface area (Å²) >= 11 is 0. The molecule has 0 bridgehead atoms. The van der Waals surface area contributed by atoms with Crippen LogP contribution in [-0.4, -0.2) is 22.8 Å². The summed E-state index contributed by atoms with van der Waals surface area (Å²) in [5, 5.41) is 2.68. The van der Waals surface area contributed by atoms with Gasteiger partial charge in [0.2, 0.25) is 0 Å². The minimum absolute atomic E-state index is 0.0855. The first-order chi connectivity index (χ1) is 18.0. The number of rotatable bonds is 5. The molecule has 38 heavy (non-hydrogen) atoms. The van der Waals surface area contributed by atoms with Gasteiger partial charge < -0.3 is 11.1 Å². The number of nitrogen functional groups attached to an aromatic ring is 1. The molecule has 2 aromatic carbocycles. The molecule has 3 aromatic rings. The first-order valence-corrected chi connectivity index (χ1v) is 11.8. The monoisotopic (exact) mass is 517 g/mol. The molecule has 0 fully saturated rings. The van der Waals surface area contributed by atoms with E-state index in [9.17, 15) is 18.0 Å². The van der Waals surface area contributed by atoms with Crippen molar-refractivity contribution in [3.63, 3.8) is 0 Å². The van der Waals surface area contributed by atoms with Gasteiger partial charge in [-0.3, -0.25) is 19.8 Å². The molecule has 0 unspecified atom stereocenters. The molecule has 1 aromatic heterocycles. The Kier molecular flexibility index (Phi) is 7.57. The van der Waals surface area contributed by atoms with Crippen LogP contribution in [-0.2, 0) is 12.7 Å². The van der Waals surface area contributed by atoms with Gasteiger partial charge in [0.15, 0.2) is 0 Å². The van der Waals surface area contributed by atoms with Crippen LogP contribution in [0.3, 0.4) is 0 Å². The second-order valence-corrected chi connectivity index (χ2v) is 8.78. The molecule has 3 N–H and O–H groups in total. The second kappa shape index (κ2) is 10.8. The van der Waals surface area contributed by atoms with E-state index in [-0.39, 0.29) is 5.56 Å². The first-order valence-electron chi connectivity index (χ1n) is 11.8. The molecule has 6 nitrogen and oxygen atoms in total. The van der Waals surface area contributed by atoms with Crippen molar-refractivity contribution in [1.29, 1.82) is 0 Å². The van der Waals surface area contributed by atoms with Gasteiger partial charge in [0.05, 0.1) is 41.1 Å². The number of hydrogen-bond acceptors (Lipinski definition) is 5. The molecule has 0 atom stereocenters. The van der Waals surface area contributed by atoms with Crippen molar-refractivity contribution in [3.8, 4) is 0 Å². The quantitative estimate of drug-likeness (QED) is 0.401. The number of carbonyl (C=O) groups excluding carboxylic acids is 1. The molecular weight excluding hydrogens is 491 g/mol. The van der Waals surface area contributed by atoms with Gasteiger partial charge in [-0.05, 0) is 80.4 Å². The summed E-state index contributed by atoms with van der Waals surface area (Å²) in [5.74, 6) is -0.639. The van der Waals surface area contributed by atoms with Crippen molar-refractivity contribution in [1.82, 2.24) is 4.98 Å². The smallest absolute Gasteiger partial charge is 0.397 e. The molecule has 0 radical (unpaired) electrons. The van der Waals surface area contributed by atoms with Gasteiger partial charge in [-0.1, -0.05) is 18.2 Å². The van der Waals surface area contributed by atoms with Crippen molar-refractivity contribution in [2.24, 2.45) is 9.98 Å². The van der Waals surface area contributed by atoms with E-state index in [1.54, 1.807) is 18.3 Å². The number of hydrogen-bond donors (Lipinski definition) is 2. The molecule has 1 aliphatic rings. The zero-order valence-corrected chi connectivity index (χ0v) is 21.1. The number of halogens is 3. The maximum absolute atomic E-state index is 13.0. The van der Waals surface area contributed by atoms with Crippen LogP contribution in [0.15, 0.2) is 82.3 Å². The Morgan fingerprint density at radius 1 is 1.11 bits per heavy atom. The Bertz CT molecular complexity index is 1520. The summed E-state index contributed by atoms with van der Waals surface area (Å²) in [6.45, 7) is 6.01.